The zero-order chi connectivity index (χ0) is 15.6. The molecular formula is C13H13N3O4S. The Morgan fingerprint density at radius 3 is 2.62 bits per heavy atom. The summed E-state index contributed by atoms with van der Waals surface area (Å²) in [6.07, 6.45) is 0. The second-order valence-electron chi connectivity index (χ2n) is 4.33. The van der Waals surface area contributed by atoms with Crippen molar-refractivity contribution in [2.45, 2.75) is 11.8 Å². The van der Waals surface area contributed by atoms with Crippen LogP contribution >= 0.6 is 0 Å². The summed E-state index contributed by atoms with van der Waals surface area (Å²) in [6.45, 7) is 1.71. The Morgan fingerprint density at radius 1 is 1.29 bits per heavy atom. The number of rotatable bonds is 4. The third-order valence-corrected chi connectivity index (χ3v) is 4.06. The maximum Gasteiger partial charge on any atom is 0.337 e. The van der Waals surface area contributed by atoms with E-state index in [9.17, 15) is 13.2 Å². The van der Waals surface area contributed by atoms with E-state index in [2.05, 4.69) is 9.71 Å². The Morgan fingerprint density at radius 2 is 2.00 bits per heavy atom. The van der Waals surface area contributed by atoms with Gasteiger partial charge in [-0.15, -0.1) is 0 Å². The molecule has 8 heteroatoms. The van der Waals surface area contributed by atoms with Gasteiger partial charge < -0.3 is 10.8 Å². The van der Waals surface area contributed by atoms with Crippen molar-refractivity contribution < 1.29 is 18.3 Å². The van der Waals surface area contributed by atoms with E-state index < -0.39 is 21.6 Å². The van der Waals surface area contributed by atoms with Gasteiger partial charge in [0.2, 0.25) is 0 Å². The number of aromatic nitrogens is 1. The highest BCUT2D eigenvalue weighted by atomic mass is 32.2. The van der Waals surface area contributed by atoms with Gasteiger partial charge in [0.1, 0.15) is 10.7 Å². The van der Waals surface area contributed by atoms with Crippen LogP contribution < -0.4 is 10.5 Å². The summed E-state index contributed by atoms with van der Waals surface area (Å²) >= 11 is 0. The number of carboxylic acid groups (broad SMARTS) is 1. The zero-order valence-corrected chi connectivity index (χ0v) is 11.9. The monoisotopic (exact) mass is 307 g/mol. The fourth-order valence-electron chi connectivity index (χ4n) is 1.74. The molecule has 0 atom stereocenters. The Kier molecular flexibility index (Phi) is 3.81. The molecule has 7 nitrogen and oxygen atoms in total. The predicted octanol–water partition coefficient (Wildman–Crippen LogP) is 1.47. The van der Waals surface area contributed by atoms with Crippen LogP contribution in [0.25, 0.3) is 0 Å². The minimum atomic E-state index is -4.07. The van der Waals surface area contributed by atoms with Crippen molar-refractivity contribution in [1.29, 1.82) is 0 Å². The largest absolute Gasteiger partial charge is 0.478 e. The molecule has 2 rings (SSSR count). The molecule has 110 valence electrons. The molecule has 0 bridgehead atoms. The van der Waals surface area contributed by atoms with E-state index in [1.54, 1.807) is 19.1 Å². The summed E-state index contributed by atoms with van der Waals surface area (Å²) in [5.74, 6) is -1.26. The molecule has 1 aromatic carbocycles. The van der Waals surface area contributed by atoms with Crippen LogP contribution in [0, 0.1) is 6.92 Å². The maximum atomic E-state index is 12.3. The van der Waals surface area contributed by atoms with Gasteiger partial charge in [-0.2, -0.15) is 0 Å². The average Bonchev–Trinajstić information content (AvgIpc) is 2.37. The molecule has 0 saturated carbocycles. The van der Waals surface area contributed by atoms with E-state index in [4.69, 9.17) is 10.8 Å². The molecular weight excluding hydrogens is 294 g/mol. The highest BCUT2D eigenvalue weighted by molar-refractivity contribution is 7.92. The molecule has 0 aliphatic carbocycles. The number of nitrogen functional groups attached to an aromatic ring is 1. The molecule has 4 N–H and O–H groups in total. The first-order chi connectivity index (χ1) is 9.79. The van der Waals surface area contributed by atoms with Crippen LogP contribution in [-0.4, -0.2) is 24.5 Å². The van der Waals surface area contributed by atoms with Crippen LogP contribution in [0.4, 0.5) is 11.5 Å². The second-order valence-corrected chi connectivity index (χ2v) is 5.98. The van der Waals surface area contributed by atoms with Gasteiger partial charge in [-0.3, -0.25) is 4.72 Å². The lowest BCUT2D eigenvalue weighted by Crippen LogP contribution is -2.18. The van der Waals surface area contributed by atoms with E-state index in [0.717, 1.165) is 12.1 Å². The smallest absolute Gasteiger partial charge is 0.337 e. The fraction of sp³-hybridized carbons (Fsp3) is 0.0769. The van der Waals surface area contributed by atoms with Gasteiger partial charge in [-0.1, -0.05) is 6.07 Å². The zero-order valence-electron chi connectivity index (χ0n) is 11.1. The summed E-state index contributed by atoms with van der Waals surface area (Å²) in [5.41, 5.74) is 5.89. The quantitative estimate of drug-likeness (QED) is 0.735. The molecule has 0 aliphatic heterocycles. The number of pyridine rings is 1. The molecule has 0 aliphatic rings. The number of nitrogens with two attached hydrogens (primary N) is 1. The SMILES string of the molecule is Cc1cccc(NS(=O)(=O)c2ccc(N)cc2C(=O)O)n1. The first-order valence-corrected chi connectivity index (χ1v) is 7.37. The van der Waals surface area contributed by atoms with Crippen molar-refractivity contribution in [1.82, 2.24) is 4.98 Å². The van der Waals surface area contributed by atoms with Crippen molar-refractivity contribution in [3.63, 3.8) is 0 Å². The van der Waals surface area contributed by atoms with E-state index in [1.807, 2.05) is 0 Å². The number of benzene rings is 1. The van der Waals surface area contributed by atoms with Gasteiger partial charge in [0.15, 0.2) is 0 Å². The number of hydrogen-bond donors (Lipinski definition) is 3. The summed E-state index contributed by atoms with van der Waals surface area (Å²) in [6, 6.07) is 8.40. The summed E-state index contributed by atoms with van der Waals surface area (Å²) in [7, 11) is -4.07. The number of anilines is 2. The average molecular weight is 307 g/mol. The van der Waals surface area contributed by atoms with E-state index in [-0.39, 0.29) is 16.4 Å². The third-order valence-electron chi connectivity index (χ3n) is 2.65. The molecule has 0 spiro atoms. The molecule has 21 heavy (non-hydrogen) atoms. The molecule has 0 radical (unpaired) electrons. The van der Waals surface area contributed by atoms with Crippen molar-refractivity contribution in [3.05, 3.63) is 47.7 Å². The highest BCUT2D eigenvalue weighted by Crippen LogP contribution is 2.21. The Balaban J connectivity index is 2.47. The Hall–Kier alpha value is -2.61. The molecule has 0 saturated heterocycles. The summed E-state index contributed by atoms with van der Waals surface area (Å²) in [4.78, 5) is 14.8. The van der Waals surface area contributed by atoms with Crippen molar-refractivity contribution >= 4 is 27.5 Å². The standard InChI is InChI=1S/C13H13N3O4S/c1-8-3-2-4-12(15-8)16-21(19,20)11-6-5-9(14)7-10(11)13(17)18/h2-7H,14H2,1H3,(H,15,16)(H,17,18). The number of carbonyl (C=O) groups is 1. The predicted molar refractivity (Wildman–Crippen MR) is 77.6 cm³/mol. The van der Waals surface area contributed by atoms with Crippen LogP contribution in [0.15, 0.2) is 41.3 Å². The number of sulfonamides is 1. The number of carboxylic acids is 1. The van der Waals surface area contributed by atoms with Crippen molar-refractivity contribution in [2.24, 2.45) is 0 Å². The number of aryl methyl sites for hydroxylation is 1. The minimum Gasteiger partial charge on any atom is -0.478 e. The Labute approximate surface area is 121 Å². The van der Waals surface area contributed by atoms with Crippen LogP contribution in [0.3, 0.4) is 0 Å². The van der Waals surface area contributed by atoms with Crippen LogP contribution in [0.1, 0.15) is 16.1 Å². The van der Waals surface area contributed by atoms with Crippen molar-refractivity contribution in [2.75, 3.05) is 10.5 Å². The molecule has 1 aromatic heterocycles. The van der Waals surface area contributed by atoms with Gasteiger partial charge in [0.05, 0.1) is 5.56 Å². The van der Waals surface area contributed by atoms with Gasteiger partial charge in [0.25, 0.3) is 10.0 Å². The second kappa shape index (κ2) is 5.41. The summed E-state index contributed by atoms with van der Waals surface area (Å²) in [5, 5.41) is 9.10. The van der Waals surface area contributed by atoms with Gasteiger partial charge in [0, 0.05) is 11.4 Å². The highest BCUT2D eigenvalue weighted by Gasteiger charge is 2.23. The van der Waals surface area contributed by atoms with Crippen molar-refractivity contribution in [3.8, 4) is 0 Å². The normalized spacial score (nSPS) is 11.1. The molecule has 1 heterocycles. The first-order valence-electron chi connectivity index (χ1n) is 5.89. The van der Waals surface area contributed by atoms with E-state index in [0.29, 0.717) is 5.69 Å². The van der Waals surface area contributed by atoms with Gasteiger partial charge >= 0.3 is 5.97 Å². The third kappa shape index (κ3) is 3.29. The molecule has 0 unspecified atom stereocenters. The van der Waals surface area contributed by atoms with Crippen LogP contribution in [0.2, 0.25) is 0 Å². The fourth-order valence-corrected chi connectivity index (χ4v) is 2.92. The van der Waals surface area contributed by atoms with Crippen LogP contribution in [-0.2, 0) is 10.0 Å². The molecule has 0 amide bonds. The van der Waals surface area contributed by atoms with E-state index >= 15 is 0 Å². The topological polar surface area (TPSA) is 122 Å². The Bertz CT molecular complexity index is 803. The molecule has 2 aromatic rings. The number of nitrogens with one attached hydrogen (secondary N) is 1. The number of nitrogens with zero attached hydrogens (tertiary/aromatic N) is 1. The van der Waals surface area contributed by atoms with Gasteiger partial charge in [-0.05, 0) is 37.3 Å². The maximum absolute atomic E-state index is 12.3. The lowest BCUT2D eigenvalue weighted by molar-refractivity contribution is 0.0692. The number of aromatic carboxylic acids is 1. The lowest BCUT2D eigenvalue weighted by atomic mass is 10.2. The molecule has 0 fully saturated rings. The van der Waals surface area contributed by atoms with Crippen LogP contribution in [0.5, 0.6) is 0 Å². The van der Waals surface area contributed by atoms with E-state index in [1.165, 1.54) is 12.1 Å². The minimum absolute atomic E-state index is 0.114. The van der Waals surface area contributed by atoms with Gasteiger partial charge in [-0.25, -0.2) is 18.2 Å². The number of hydrogen-bond acceptors (Lipinski definition) is 5. The lowest BCUT2D eigenvalue weighted by Gasteiger charge is -2.10. The summed E-state index contributed by atoms with van der Waals surface area (Å²) < 4.78 is 26.8. The first kappa shape index (κ1) is 14.8.